The van der Waals surface area contributed by atoms with E-state index < -0.39 is 0 Å². The van der Waals surface area contributed by atoms with Crippen LogP contribution < -0.4 is 5.32 Å². The number of thiazole rings is 1. The molecule has 0 unspecified atom stereocenters. The number of amides is 2. The number of aromatic nitrogens is 1. The van der Waals surface area contributed by atoms with Crippen molar-refractivity contribution >= 4 is 28.3 Å². The number of rotatable bonds is 3. The Morgan fingerprint density at radius 2 is 2.07 bits per heavy atom. The third-order valence-corrected chi connectivity index (χ3v) is 10.1. The van der Waals surface area contributed by atoms with Crippen LogP contribution in [0.5, 0.6) is 0 Å². The van der Waals surface area contributed by atoms with Gasteiger partial charge in [-0.25, -0.2) is 4.98 Å². The summed E-state index contributed by atoms with van der Waals surface area (Å²) in [5.41, 5.74) is 0.345. The van der Waals surface area contributed by atoms with Crippen molar-refractivity contribution in [3.05, 3.63) is 23.7 Å². The van der Waals surface area contributed by atoms with Crippen LogP contribution in [-0.2, 0) is 9.59 Å². The van der Waals surface area contributed by atoms with Gasteiger partial charge in [-0.05, 0) is 73.7 Å². The normalized spacial score (nSPS) is 42.4. The molecule has 1 N–H and O–H groups in total. The van der Waals surface area contributed by atoms with Crippen LogP contribution in [0.4, 0.5) is 5.13 Å². The molecule has 5 rings (SSSR count). The molecule has 2 heterocycles. The molecule has 4 aliphatic rings. The largest absolute Gasteiger partial charge is 0.338 e. The molecule has 0 spiro atoms. The Labute approximate surface area is 183 Å². The number of carbonyl (C=O) groups excluding carboxylic acids is 2. The van der Waals surface area contributed by atoms with E-state index in [1.807, 2.05) is 23.4 Å². The molecule has 162 valence electrons. The number of nitrogens with one attached hydrogen (secondary N) is 1. The van der Waals surface area contributed by atoms with Crippen LogP contribution in [0, 0.1) is 34.5 Å². The Morgan fingerprint density at radius 3 is 2.83 bits per heavy atom. The van der Waals surface area contributed by atoms with E-state index >= 15 is 0 Å². The smallest absolute Gasteiger partial charge is 0.246 e. The summed E-state index contributed by atoms with van der Waals surface area (Å²) in [5.74, 6) is 2.78. The van der Waals surface area contributed by atoms with Gasteiger partial charge in [-0.3, -0.25) is 9.59 Å². The van der Waals surface area contributed by atoms with Crippen molar-refractivity contribution in [2.24, 2.45) is 34.5 Å². The summed E-state index contributed by atoms with van der Waals surface area (Å²) >= 11 is 1.48. The van der Waals surface area contributed by atoms with E-state index in [1.54, 1.807) is 6.20 Å². The second kappa shape index (κ2) is 7.18. The average molecular weight is 428 g/mol. The van der Waals surface area contributed by atoms with E-state index in [4.69, 9.17) is 0 Å². The minimum Gasteiger partial charge on any atom is -0.338 e. The van der Waals surface area contributed by atoms with Crippen molar-refractivity contribution in [2.75, 3.05) is 12.4 Å². The molecule has 3 aliphatic carbocycles. The molecular weight excluding hydrogens is 394 g/mol. The summed E-state index contributed by atoms with van der Waals surface area (Å²) in [4.78, 5) is 31.1. The lowest BCUT2D eigenvalue weighted by Gasteiger charge is -2.60. The summed E-state index contributed by atoms with van der Waals surface area (Å²) < 4.78 is 0. The highest BCUT2D eigenvalue weighted by Crippen LogP contribution is 2.65. The van der Waals surface area contributed by atoms with Gasteiger partial charge in [0.05, 0.1) is 0 Å². The second-order valence-corrected chi connectivity index (χ2v) is 11.4. The van der Waals surface area contributed by atoms with E-state index in [2.05, 4.69) is 30.2 Å². The average Bonchev–Trinajstić information content (AvgIpc) is 3.33. The summed E-state index contributed by atoms with van der Waals surface area (Å²) in [6, 6.07) is 0.335. The van der Waals surface area contributed by atoms with Crippen LogP contribution in [0.25, 0.3) is 0 Å². The Morgan fingerprint density at radius 1 is 1.23 bits per heavy atom. The van der Waals surface area contributed by atoms with Gasteiger partial charge < -0.3 is 10.2 Å². The number of hydrogen-bond acceptors (Lipinski definition) is 4. The predicted molar refractivity (Wildman–Crippen MR) is 119 cm³/mol. The molecule has 0 bridgehead atoms. The Kier molecular flexibility index (Phi) is 4.84. The topological polar surface area (TPSA) is 62.3 Å². The van der Waals surface area contributed by atoms with Crippen molar-refractivity contribution in [1.29, 1.82) is 0 Å². The number of fused-ring (bicyclic) bond motifs is 5. The quantitative estimate of drug-likeness (QED) is 0.759. The van der Waals surface area contributed by atoms with Crippen molar-refractivity contribution in [3.63, 3.8) is 0 Å². The molecule has 5 nitrogen and oxygen atoms in total. The summed E-state index contributed by atoms with van der Waals surface area (Å²) in [6.07, 6.45) is 13.5. The molecule has 3 fully saturated rings. The van der Waals surface area contributed by atoms with Gasteiger partial charge in [-0.2, -0.15) is 0 Å². The third-order valence-electron chi connectivity index (χ3n) is 9.43. The van der Waals surface area contributed by atoms with E-state index in [0.29, 0.717) is 41.3 Å². The highest BCUT2D eigenvalue weighted by Gasteiger charge is 2.60. The standard InChI is InChI=1S/C24H33N3O2S/c1-23-10-8-18-16(5-7-19-24(18,2)11-9-21(29)27(19)3)17(23)6-4-15(23)14-20(28)26-22-25-12-13-30-22/h9,11-13,15-19H,4-8,10,14H2,1-3H3,(H,25,26,28)/t15-,16+,17+,18+,19-,23-,24-/m1/s1. The fourth-order valence-electron chi connectivity index (χ4n) is 7.86. The van der Waals surface area contributed by atoms with Gasteiger partial charge >= 0.3 is 0 Å². The van der Waals surface area contributed by atoms with Gasteiger partial charge in [0, 0.05) is 36.5 Å². The zero-order valence-corrected chi connectivity index (χ0v) is 19.1. The molecule has 3 saturated carbocycles. The highest BCUT2D eigenvalue weighted by molar-refractivity contribution is 7.13. The molecule has 0 radical (unpaired) electrons. The third kappa shape index (κ3) is 2.97. The second-order valence-electron chi connectivity index (χ2n) is 10.5. The number of nitrogens with zero attached hydrogens (tertiary/aromatic N) is 2. The van der Waals surface area contributed by atoms with Gasteiger partial charge in [0.1, 0.15) is 0 Å². The molecule has 2 amide bonds. The maximum Gasteiger partial charge on any atom is 0.246 e. The van der Waals surface area contributed by atoms with E-state index in [0.717, 1.165) is 12.8 Å². The number of carbonyl (C=O) groups is 2. The van der Waals surface area contributed by atoms with Crippen LogP contribution in [-0.4, -0.2) is 34.8 Å². The van der Waals surface area contributed by atoms with Gasteiger partial charge in [-0.1, -0.05) is 19.9 Å². The maximum atomic E-state index is 12.7. The molecule has 1 aromatic rings. The van der Waals surface area contributed by atoms with Gasteiger partial charge in [0.25, 0.3) is 0 Å². The monoisotopic (exact) mass is 427 g/mol. The Bertz CT molecular complexity index is 868. The molecule has 7 atom stereocenters. The lowest BCUT2D eigenvalue weighted by Crippen LogP contribution is -2.59. The van der Waals surface area contributed by atoms with Crippen molar-refractivity contribution in [3.8, 4) is 0 Å². The van der Waals surface area contributed by atoms with Gasteiger partial charge in [-0.15, -0.1) is 11.3 Å². The number of anilines is 1. The maximum absolute atomic E-state index is 12.7. The first-order valence-corrected chi connectivity index (χ1v) is 12.4. The zero-order chi connectivity index (χ0) is 21.1. The Balaban J connectivity index is 1.33. The minimum atomic E-state index is 0.0905. The van der Waals surface area contributed by atoms with E-state index in [1.165, 1.54) is 37.0 Å². The van der Waals surface area contributed by atoms with E-state index in [-0.39, 0.29) is 22.6 Å². The molecule has 1 aliphatic heterocycles. The molecule has 6 heteroatoms. The predicted octanol–water partition coefficient (Wildman–Crippen LogP) is 4.73. The van der Waals surface area contributed by atoms with Gasteiger partial charge in [0.15, 0.2) is 5.13 Å². The Hall–Kier alpha value is -1.69. The first kappa shape index (κ1) is 20.2. The van der Waals surface area contributed by atoms with Crippen molar-refractivity contribution in [2.45, 2.75) is 64.8 Å². The molecule has 0 aromatic carbocycles. The van der Waals surface area contributed by atoms with E-state index in [9.17, 15) is 9.59 Å². The van der Waals surface area contributed by atoms with Gasteiger partial charge in [0.2, 0.25) is 11.8 Å². The lowest BCUT2D eigenvalue weighted by atomic mass is 9.47. The molecule has 30 heavy (non-hydrogen) atoms. The minimum absolute atomic E-state index is 0.0905. The lowest BCUT2D eigenvalue weighted by molar-refractivity contribution is -0.139. The van der Waals surface area contributed by atoms with Crippen LogP contribution in [0.3, 0.4) is 0 Å². The number of likely N-dealkylation sites (N-methyl/N-ethyl adjacent to an activating group) is 1. The van der Waals surface area contributed by atoms with Crippen LogP contribution >= 0.6 is 11.3 Å². The first-order chi connectivity index (χ1) is 14.3. The summed E-state index contributed by atoms with van der Waals surface area (Å²) in [5, 5.41) is 5.59. The van der Waals surface area contributed by atoms with Crippen LogP contribution in [0.2, 0.25) is 0 Å². The molecule has 0 saturated heterocycles. The fourth-order valence-corrected chi connectivity index (χ4v) is 8.41. The van der Waals surface area contributed by atoms with Crippen molar-refractivity contribution in [1.82, 2.24) is 9.88 Å². The van der Waals surface area contributed by atoms with Crippen LogP contribution in [0.15, 0.2) is 23.7 Å². The zero-order valence-electron chi connectivity index (χ0n) is 18.3. The molecular formula is C24H33N3O2S. The highest BCUT2D eigenvalue weighted by atomic mass is 32.1. The molecule has 1 aromatic heterocycles. The SMILES string of the molecule is CN1C(=O)C=C[C@]2(C)[C@H]3CC[C@]4(C)[C@@H](CC(=O)Nc5nccs5)CC[C@H]4[C@@H]3CC[C@@H]12. The van der Waals surface area contributed by atoms with Crippen LogP contribution in [0.1, 0.15) is 58.8 Å². The van der Waals surface area contributed by atoms with Crippen molar-refractivity contribution < 1.29 is 9.59 Å². The summed E-state index contributed by atoms with van der Waals surface area (Å²) in [6.45, 7) is 4.85. The fraction of sp³-hybridized carbons (Fsp3) is 0.708. The first-order valence-electron chi connectivity index (χ1n) is 11.5. The summed E-state index contributed by atoms with van der Waals surface area (Å²) in [7, 11) is 1.98. The number of hydrogen-bond donors (Lipinski definition) is 1.